The number of carbonyl (C=O) groups is 5. The molecule has 2 aliphatic heterocycles. The molecule has 1 saturated heterocycles. The fourth-order valence-corrected chi connectivity index (χ4v) is 2.46. The van der Waals surface area contributed by atoms with Crippen molar-refractivity contribution in [2.45, 2.75) is 11.7 Å². The zero-order valence-corrected chi connectivity index (χ0v) is 11.5. The zero-order chi connectivity index (χ0) is 16.7. The normalized spacial score (nSPS) is 22.0. The van der Waals surface area contributed by atoms with Gasteiger partial charge in [0.2, 0.25) is 0 Å². The van der Waals surface area contributed by atoms with E-state index in [9.17, 15) is 32.4 Å². The molecule has 118 valence electrons. The highest BCUT2D eigenvalue weighted by atomic mass is 32.2. The molecule has 0 radical (unpaired) electrons. The molecular weight excluding hydrogens is 324 g/mol. The lowest BCUT2D eigenvalue weighted by Crippen LogP contribution is -2.41. The number of imide groups is 2. The molecular formula is C10H8N2O9S. The molecule has 1 atom stereocenters. The predicted octanol–water partition coefficient (Wildman–Crippen LogP) is -2.62. The van der Waals surface area contributed by atoms with Crippen LogP contribution in [0.3, 0.4) is 0 Å². The Morgan fingerprint density at radius 1 is 1.23 bits per heavy atom. The Morgan fingerprint density at radius 2 is 1.77 bits per heavy atom. The summed E-state index contributed by atoms with van der Waals surface area (Å²) in [6, 6.07) is 0. The lowest BCUT2D eigenvalue weighted by atomic mass is 10.4. The Bertz CT molecular complexity index is 705. The average molecular weight is 332 g/mol. The molecule has 0 spiro atoms. The number of hydrogen-bond donors (Lipinski definition) is 1. The number of nitrogens with zero attached hydrogens (tertiary/aromatic N) is 2. The molecule has 11 nitrogen and oxygen atoms in total. The van der Waals surface area contributed by atoms with Crippen LogP contribution in [0.25, 0.3) is 0 Å². The summed E-state index contributed by atoms with van der Waals surface area (Å²) in [6.07, 6.45) is 0.945. The second-order valence-corrected chi connectivity index (χ2v) is 5.89. The van der Waals surface area contributed by atoms with Crippen molar-refractivity contribution in [3.8, 4) is 0 Å². The first-order valence-corrected chi connectivity index (χ1v) is 7.19. The first-order chi connectivity index (χ1) is 10.1. The van der Waals surface area contributed by atoms with Gasteiger partial charge in [0.25, 0.3) is 33.7 Å². The van der Waals surface area contributed by atoms with Crippen molar-refractivity contribution in [1.82, 2.24) is 9.96 Å². The minimum Gasteiger partial charge on any atom is -0.328 e. The first-order valence-electron chi connectivity index (χ1n) is 5.68. The van der Waals surface area contributed by atoms with Crippen molar-refractivity contribution in [3.63, 3.8) is 0 Å². The highest BCUT2D eigenvalue weighted by molar-refractivity contribution is 7.87. The number of hydroxylamine groups is 2. The van der Waals surface area contributed by atoms with Crippen molar-refractivity contribution < 1.29 is 41.8 Å². The van der Waals surface area contributed by atoms with Gasteiger partial charge in [-0.15, -0.1) is 5.06 Å². The zero-order valence-electron chi connectivity index (χ0n) is 10.7. The van der Waals surface area contributed by atoms with Crippen LogP contribution < -0.4 is 0 Å². The molecule has 4 amide bonds. The van der Waals surface area contributed by atoms with Gasteiger partial charge in [-0.3, -0.25) is 28.6 Å². The lowest BCUT2D eigenvalue weighted by Gasteiger charge is -2.16. The quantitative estimate of drug-likeness (QED) is 0.430. The van der Waals surface area contributed by atoms with Gasteiger partial charge in [0.05, 0.1) is 6.42 Å². The van der Waals surface area contributed by atoms with Gasteiger partial charge in [0.15, 0.2) is 5.25 Å². The van der Waals surface area contributed by atoms with Crippen LogP contribution in [-0.2, 0) is 38.9 Å². The number of rotatable bonds is 4. The second-order valence-electron chi connectivity index (χ2n) is 4.29. The molecule has 2 heterocycles. The van der Waals surface area contributed by atoms with Gasteiger partial charge >= 0.3 is 5.97 Å². The molecule has 1 unspecified atom stereocenters. The second kappa shape index (κ2) is 5.31. The molecule has 0 saturated carbocycles. The van der Waals surface area contributed by atoms with Crippen LogP contribution in [0.4, 0.5) is 0 Å². The Labute approximate surface area is 122 Å². The van der Waals surface area contributed by atoms with Gasteiger partial charge in [-0.2, -0.15) is 8.42 Å². The minimum absolute atomic E-state index is 0.112. The summed E-state index contributed by atoms with van der Waals surface area (Å²) in [5.74, 6) is -5.45. The average Bonchev–Trinajstić information content (AvgIpc) is 2.85. The van der Waals surface area contributed by atoms with E-state index in [1.807, 2.05) is 0 Å². The molecule has 0 aliphatic carbocycles. The van der Waals surface area contributed by atoms with Crippen LogP contribution in [0.1, 0.15) is 6.42 Å². The maximum Gasteiger partial charge on any atom is 0.352 e. The van der Waals surface area contributed by atoms with E-state index in [2.05, 4.69) is 4.84 Å². The summed E-state index contributed by atoms with van der Waals surface area (Å²) in [6.45, 7) is -0.863. The van der Waals surface area contributed by atoms with E-state index in [4.69, 9.17) is 4.55 Å². The van der Waals surface area contributed by atoms with Gasteiger partial charge in [0, 0.05) is 12.2 Å². The maximum atomic E-state index is 11.6. The van der Waals surface area contributed by atoms with Crippen LogP contribution in [-0.4, -0.2) is 64.3 Å². The lowest BCUT2D eigenvalue weighted by molar-refractivity contribution is -0.198. The van der Waals surface area contributed by atoms with Crippen LogP contribution in [0.15, 0.2) is 12.2 Å². The van der Waals surface area contributed by atoms with Crippen LogP contribution in [0.2, 0.25) is 0 Å². The molecule has 22 heavy (non-hydrogen) atoms. The summed E-state index contributed by atoms with van der Waals surface area (Å²) in [7, 11) is -4.83. The monoisotopic (exact) mass is 332 g/mol. The van der Waals surface area contributed by atoms with Gasteiger partial charge in [0.1, 0.15) is 6.54 Å². The Balaban J connectivity index is 2.03. The summed E-state index contributed by atoms with van der Waals surface area (Å²) >= 11 is 0. The molecule has 0 bridgehead atoms. The predicted molar refractivity (Wildman–Crippen MR) is 63.8 cm³/mol. The first kappa shape index (κ1) is 15.8. The number of carbonyl (C=O) groups excluding carboxylic acids is 5. The smallest absolute Gasteiger partial charge is 0.328 e. The fraction of sp³-hybridized carbons (Fsp3) is 0.300. The Kier molecular flexibility index (Phi) is 3.81. The summed E-state index contributed by atoms with van der Waals surface area (Å²) in [4.78, 5) is 61.9. The van der Waals surface area contributed by atoms with E-state index in [0.29, 0.717) is 4.90 Å². The standard InChI is InChI=1S/C10H8N2O9S/c13-6-1-2-7(14)11(6)4-9(16)21-12-8(15)3-5(10(12)17)22(18,19)20/h1-2,5H,3-4H2,(H,18,19,20). The Hall–Kier alpha value is -2.60. The van der Waals surface area contributed by atoms with Gasteiger partial charge < -0.3 is 4.84 Å². The third-order valence-electron chi connectivity index (χ3n) is 2.80. The van der Waals surface area contributed by atoms with Crippen LogP contribution in [0, 0.1) is 0 Å². The van der Waals surface area contributed by atoms with Crippen LogP contribution in [0.5, 0.6) is 0 Å². The Morgan fingerprint density at radius 3 is 2.23 bits per heavy atom. The molecule has 1 fully saturated rings. The van der Waals surface area contributed by atoms with Crippen molar-refractivity contribution in [2.75, 3.05) is 6.54 Å². The summed E-state index contributed by atoms with van der Waals surface area (Å²) < 4.78 is 30.6. The van der Waals surface area contributed by atoms with E-state index < -0.39 is 57.9 Å². The molecule has 0 aromatic heterocycles. The van der Waals surface area contributed by atoms with Crippen LogP contribution >= 0.6 is 0 Å². The summed E-state index contributed by atoms with van der Waals surface area (Å²) in [5, 5.41) is -2.16. The largest absolute Gasteiger partial charge is 0.352 e. The SMILES string of the molecule is O=C(CN1C(=O)C=CC1=O)ON1C(=O)CC(S(=O)(=O)O)C1=O. The molecule has 2 rings (SSSR count). The third kappa shape index (κ3) is 2.87. The van der Waals surface area contributed by atoms with Crippen molar-refractivity contribution in [2.24, 2.45) is 0 Å². The van der Waals surface area contributed by atoms with Crippen molar-refractivity contribution in [3.05, 3.63) is 12.2 Å². The molecule has 0 aromatic rings. The van der Waals surface area contributed by atoms with Crippen molar-refractivity contribution in [1.29, 1.82) is 0 Å². The summed E-state index contributed by atoms with van der Waals surface area (Å²) in [5.41, 5.74) is 0. The number of hydrogen-bond acceptors (Lipinski definition) is 8. The van der Waals surface area contributed by atoms with E-state index >= 15 is 0 Å². The van der Waals surface area contributed by atoms with Gasteiger partial charge in [-0.05, 0) is 0 Å². The van der Waals surface area contributed by atoms with E-state index in [1.165, 1.54) is 0 Å². The fourth-order valence-electron chi connectivity index (χ4n) is 1.76. The highest BCUT2D eigenvalue weighted by Crippen LogP contribution is 2.19. The van der Waals surface area contributed by atoms with Gasteiger partial charge in [-0.1, -0.05) is 0 Å². The molecule has 2 aliphatic rings. The van der Waals surface area contributed by atoms with E-state index in [0.717, 1.165) is 12.2 Å². The van der Waals surface area contributed by atoms with Crippen molar-refractivity contribution >= 4 is 39.7 Å². The maximum absolute atomic E-state index is 11.6. The van der Waals surface area contributed by atoms with E-state index in [1.54, 1.807) is 0 Å². The van der Waals surface area contributed by atoms with E-state index in [-0.39, 0.29) is 5.06 Å². The number of amides is 4. The highest BCUT2D eigenvalue weighted by Gasteiger charge is 2.48. The molecule has 0 aromatic carbocycles. The molecule has 12 heteroatoms. The minimum atomic E-state index is -4.83. The third-order valence-corrected chi connectivity index (χ3v) is 3.89. The topological polar surface area (TPSA) is 155 Å². The molecule has 1 N–H and O–H groups in total. The van der Waals surface area contributed by atoms with Gasteiger partial charge in [-0.25, -0.2) is 4.79 Å².